The molecule has 0 amide bonds. The van der Waals surface area contributed by atoms with Gasteiger partial charge in [-0.3, -0.25) is 0 Å². The summed E-state index contributed by atoms with van der Waals surface area (Å²) in [6, 6.07) is 9.39. The number of sulfone groups is 1. The Kier molecular flexibility index (Phi) is 2.86. The van der Waals surface area contributed by atoms with Crippen LogP contribution in [-0.2, 0) is 9.84 Å². The Morgan fingerprint density at radius 3 is 2.47 bits per heavy atom. The molecule has 1 aromatic rings. The minimum atomic E-state index is -3.20. The largest absolute Gasteiger partial charge is 0.387 e. The number of thioether (sulfide) groups is 1. The van der Waals surface area contributed by atoms with Crippen LogP contribution in [0.2, 0.25) is 0 Å². The zero-order valence-corrected chi connectivity index (χ0v) is 9.46. The predicted molar refractivity (Wildman–Crippen MR) is 60.2 cm³/mol. The molecular weight excluding hydrogens is 232 g/mol. The van der Waals surface area contributed by atoms with E-state index in [-0.39, 0.29) is 5.75 Å². The molecule has 0 spiro atoms. The first-order chi connectivity index (χ1) is 7.07. The molecule has 0 saturated heterocycles. The van der Waals surface area contributed by atoms with Crippen molar-refractivity contribution >= 4 is 21.6 Å². The Bertz CT molecular complexity index is 477. The summed E-state index contributed by atoms with van der Waals surface area (Å²) in [6.45, 7) is 0. The minimum Gasteiger partial charge on any atom is -0.387 e. The van der Waals surface area contributed by atoms with Gasteiger partial charge in [-0.1, -0.05) is 30.0 Å². The molecule has 1 heterocycles. The van der Waals surface area contributed by atoms with E-state index in [9.17, 15) is 13.5 Å². The average Bonchev–Trinajstić information content (AvgIpc) is 2.41. The summed E-state index contributed by atoms with van der Waals surface area (Å²) in [6.07, 6.45) is -0.875. The zero-order chi connectivity index (χ0) is 10.9. The van der Waals surface area contributed by atoms with E-state index in [0.717, 1.165) is 10.3 Å². The van der Waals surface area contributed by atoms with Gasteiger partial charge in [-0.2, -0.15) is 0 Å². The topological polar surface area (TPSA) is 54.4 Å². The average molecular weight is 242 g/mol. The van der Waals surface area contributed by atoms with Crippen LogP contribution < -0.4 is 0 Å². The van der Waals surface area contributed by atoms with Gasteiger partial charge in [0.25, 0.3) is 0 Å². The summed E-state index contributed by atoms with van der Waals surface area (Å²) in [5.41, 5.74) is 0. The maximum atomic E-state index is 11.2. The maximum absolute atomic E-state index is 11.2. The summed E-state index contributed by atoms with van der Waals surface area (Å²) < 4.78 is 22.4. The molecule has 0 aromatic heterocycles. The molecule has 0 radical (unpaired) electrons. The molecule has 0 fully saturated rings. The summed E-state index contributed by atoms with van der Waals surface area (Å²) >= 11 is 1.29. The third-order valence-corrected chi connectivity index (χ3v) is 4.67. The summed E-state index contributed by atoms with van der Waals surface area (Å²) in [5.74, 6) is -0.192. The van der Waals surface area contributed by atoms with E-state index in [4.69, 9.17) is 0 Å². The molecule has 1 atom stereocenters. The Labute approximate surface area is 92.7 Å². The highest BCUT2D eigenvalue weighted by molar-refractivity contribution is 8.05. The molecule has 1 unspecified atom stereocenters. The fraction of sp³-hybridized carbons (Fsp3) is 0.200. The number of rotatable bonds is 2. The number of hydrogen-bond donors (Lipinski definition) is 1. The molecule has 0 bridgehead atoms. The quantitative estimate of drug-likeness (QED) is 0.852. The smallest absolute Gasteiger partial charge is 0.175 e. The van der Waals surface area contributed by atoms with Gasteiger partial charge in [0.05, 0.1) is 5.75 Å². The van der Waals surface area contributed by atoms with Gasteiger partial charge in [-0.05, 0) is 12.1 Å². The van der Waals surface area contributed by atoms with Gasteiger partial charge in [-0.15, -0.1) is 0 Å². The van der Waals surface area contributed by atoms with Gasteiger partial charge in [0.1, 0.15) is 6.10 Å². The number of hydrogen-bond acceptors (Lipinski definition) is 4. The van der Waals surface area contributed by atoms with E-state index < -0.39 is 15.9 Å². The van der Waals surface area contributed by atoms with E-state index >= 15 is 0 Å². The van der Waals surface area contributed by atoms with Crippen molar-refractivity contribution < 1.29 is 13.5 Å². The number of benzene rings is 1. The van der Waals surface area contributed by atoms with Crippen LogP contribution in [0, 0.1) is 0 Å². The van der Waals surface area contributed by atoms with Gasteiger partial charge in [0.15, 0.2) is 9.84 Å². The van der Waals surface area contributed by atoms with Crippen molar-refractivity contribution in [2.24, 2.45) is 0 Å². The molecule has 0 aliphatic carbocycles. The van der Waals surface area contributed by atoms with Crippen LogP contribution in [-0.4, -0.2) is 25.4 Å². The van der Waals surface area contributed by atoms with Crippen molar-refractivity contribution in [3.05, 3.63) is 40.6 Å². The lowest BCUT2D eigenvalue weighted by Gasteiger charge is -2.05. The van der Waals surface area contributed by atoms with Crippen molar-refractivity contribution in [3.63, 3.8) is 0 Å². The van der Waals surface area contributed by atoms with E-state index in [1.54, 1.807) is 0 Å². The number of aliphatic hydroxyl groups excluding tert-OH is 1. The second-order valence-corrected chi connectivity index (χ2v) is 6.32. The third-order valence-electron chi connectivity index (χ3n) is 1.99. The molecule has 5 heteroatoms. The number of aliphatic hydroxyl groups is 1. The lowest BCUT2D eigenvalue weighted by molar-refractivity contribution is 0.246. The van der Waals surface area contributed by atoms with Crippen LogP contribution in [0.4, 0.5) is 0 Å². The highest BCUT2D eigenvalue weighted by Crippen LogP contribution is 2.33. The fourth-order valence-corrected chi connectivity index (χ4v) is 4.07. The Hall–Kier alpha value is -0.780. The molecule has 2 rings (SSSR count). The SMILES string of the molecule is O=S1(=O)C=C(Sc2ccccc2)C(O)C1. The van der Waals surface area contributed by atoms with Gasteiger partial charge in [0.2, 0.25) is 0 Å². The molecule has 1 aliphatic rings. The standard InChI is InChI=1S/C10H10O3S2/c11-9-6-15(12,13)7-10(9)14-8-4-2-1-3-5-8/h1-5,7,9,11H,6H2. The van der Waals surface area contributed by atoms with Gasteiger partial charge >= 0.3 is 0 Å². The van der Waals surface area contributed by atoms with Gasteiger partial charge in [-0.25, -0.2) is 8.42 Å². The fourth-order valence-electron chi connectivity index (χ4n) is 1.32. The normalized spacial score (nSPS) is 23.8. The molecule has 1 N–H and O–H groups in total. The Morgan fingerprint density at radius 2 is 1.93 bits per heavy atom. The highest BCUT2D eigenvalue weighted by atomic mass is 32.2. The van der Waals surface area contributed by atoms with Gasteiger partial charge in [0, 0.05) is 15.2 Å². The first kappa shape index (κ1) is 10.7. The Balaban J connectivity index is 2.21. The van der Waals surface area contributed by atoms with Gasteiger partial charge < -0.3 is 5.11 Å². The predicted octanol–water partition coefficient (Wildman–Crippen LogP) is 1.41. The molecule has 0 saturated carbocycles. The van der Waals surface area contributed by atoms with Crippen LogP contribution in [0.5, 0.6) is 0 Å². The third kappa shape index (κ3) is 2.62. The van der Waals surface area contributed by atoms with Crippen molar-refractivity contribution in [1.82, 2.24) is 0 Å². The molecule has 80 valence electrons. The lowest BCUT2D eigenvalue weighted by atomic mass is 10.4. The van der Waals surface area contributed by atoms with E-state index in [0.29, 0.717) is 4.91 Å². The van der Waals surface area contributed by atoms with Crippen LogP contribution in [0.3, 0.4) is 0 Å². The minimum absolute atomic E-state index is 0.192. The monoisotopic (exact) mass is 242 g/mol. The van der Waals surface area contributed by atoms with Crippen LogP contribution in [0.1, 0.15) is 0 Å². The van der Waals surface area contributed by atoms with Crippen molar-refractivity contribution in [3.8, 4) is 0 Å². The maximum Gasteiger partial charge on any atom is 0.175 e. The van der Waals surface area contributed by atoms with Crippen molar-refractivity contribution in [2.75, 3.05) is 5.75 Å². The van der Waals surface area contributed by atoms with Crippen LogP contribution in [0.25, 0.3) is 0 Å². The van der Waals surface area contributed by atoms with Crippen LogP contribution >= 0.6 is 11.8 Å². The first-order valence-electron chi connectivity index (χ1n) is 4.42. The second kappa shape index (κ2) is 4.00. The van der Waals surface area contributed by atoms with Crippen LogP contribution in [0.15, 0.2) is 45.5 Å². The first-order valence-corrected chi connectivity index (χ1v) is 6.95. The molecule has 3 nitrogen and oxygen atoms in total. The second-order valence-electron chi connectivity index (χ2n) is 3.28. The van der Waals surface area contributed by atoms with Crippen molar-refractivity contribution in [1.29, 1.82) is 0 Å². The molecule has 15 heavy (non-hydrogen) atoms. The van der Waals surface area contributed by atoms with E-state index in [2.05, 4.69) is 0 Å². The van der Waals surface area contributed by atoms with E-state index in [1.165, 1.54) is 11.8 Å². The summed E-state index contributed by atoms with van der Waals surface area (Å²) in [4.78, 5) is 1.43. The lowest BCUT2D eigenvalue weighted by Crippen LogP contribution is -2.11. The summed E-state index contributed by atoms with van der Waals surface area (Å²) in [7, 11) is -3.20. The zero-order valence-electron chi connectivity index (χ0n) is 7.83. The molecule has 1 aromatic carbocycles. The van der Waals surface area contributed by atoms with Crippen molar-refractivity contribution in [2.45, 2.75) is 11.0 Å². The highest BCUT2D eigenvalue weighted by Gasteiger charge is 2.28. The molecular formula is C10H10O3S2. The summed E-state index contributed by atoms with van der Waals surface area (Å²) in [5, 5.41) is 10.7. The van der Waals surface area contributed by atoms with E-state index in [1.807, 2.05) is 30.3 Å². The Morgan fingerprint density at radius 1 is 1.27 bits per heavy atom. The molecule has 1 aliphatic heterocycles.